The minimum atomic E-state index is 0.652. The molecule has 0 radical (unpaired) electrons. The lowest BCUT2D eigenvalue weighted by Gasteiger charge is -2.11. The molecule has 10 aromatic rings. The second kappa shape index (κ2) is 12.8. The van der Waals surface area contributed by atoms with Crippen LogP contribution in [0.25, 0.3) is 101 Å². The molecule has 0 spiro atoms. The van der Waals surface area contributed by atoms with Gasteiger partial charge in [-0.05, 0) is 47.5 Å². The Labute approximate surface area is 305 Å². The van der Waals surface area contributed by atoms with Gasteiger partial charge in [0, 0.05) is 44.0 Å². The van der Waals surface area contributed by atoms with Crippen molar-refractivity contribution >= 4 is 32.8 Å². The molecule has 0 aliphatic heterocycles. The zero-order chi connectivity index (χ0) is 35.1. The van der Waals surface area contributed by atoms with Crippen LogP contribution >= 0.6 is 0 Å². The van der Waals surface area contributed by atoms with Crippen LogP contribution in [0.2, 0.25) is 0 Å². The first-order valence-electron chi connectivity index (χ1n) is 17.6. The maximum absolute atomic E-state index is 6.46. The summed E-state index contributed by atoms with van der Waals surface area (Å²) in [4.78, 5) is 20.5. The summed E-state index contributed by atoms with van der Waals surface area (Å²) in [5.41, 5.74) is 12.3. The predicted octanol–water partition coefficient (Wildman–Crippen LogP) is 12.3. The van der Waals surface area contributed by atoms with Gasteiger partial charge in [-0.3, -0.25) is 0 Å². The summed E-state index contributed by atoms with van der Waals surface area (Å²) < 4.78 is 6.46. The number of hydrogen-bond acceptors (Lipinski definition) is 5. The van der Waals surface area contributed by atoms with Gasteiger partial charge in [-0.15, -0.1) is 0 Å². The van der Waals surface area contributed by atoms with Crippen molar-refractivity contribution in [1.29, 1.82) is 0 Å². The highest BCUT2D eigenvalue weighted by atomic mass is 16.3. The van der Waals surface area contributed by atoms with E-state index in [1.165, 1.54) is 5.56 Å². The lowest BCUT2D eigenvalue weighted by atomic mass is 9.99. The molecule has 3 heterocycles. The minimum Gasteiger partial charge on any atom is -0.456 e. The van der Waals surface area contributed by atoms with Gasteiger partial charge < -0.3 is 4.42 Å². The highest BCUT2D eigenvalue weighted by molar-refractivity contribution is 6.13. The van der Waals surface area contributed by atoms with Crippen LogP contribution in [0.1, 0.15) is 0 Å². The number of aromatic nitrogens is 4. The Kier molecular flexibility index (Phi) is 7.40. The lowest BCUT2D eigenvalue weighted by molar-refractivity contribution is 0.669. The first-order valence-corrected chi connectivity index (χ1v) is 17.6. The summed E-state index contributed by atoms with van der Waals surface area (Å²) in [6.45, 7) is 0. The van der Waals surface area contributed by atoms with Crippen LogP contribution in [0.4, 0.5) is 0 Å². The second-order valence-electron chi connectivity index (χ2n) is 13.0. The number of rotatable bonds is 6. The largest absolute Gasteiger partial charge is 0.456 e. The summed E-state index contributed by atoms with van der Waals surface area (Å²) in [7, 11) is 0. The normalized spacial score (nSPS) is 11.4. The van der Waals surface area contributed by atoms with Crippen LogP contribution in [0.3, 0.4) is 0 Å². The molecule has 0 aliphatic rings. The standard InChI is InChI=1S/C48H30N4O/c1-4-13-31(14-5-1)32-23-25-34(26-24-32)46-38-19-10-11-21-40(38)49-48(52-46)36-27-28-43-39(29-36)45-37(20-12-22-44(45)53-43)42-30-41(33-15-6-2-7-16-33)50-47(51-42)35-17-8-3-9-18-35/h1-30H. The van der Waals surface area contributed by atoms with Crippen molar-refractivity contribution in [2.45, 2.75) is 0 Å². The van der Waals surface area contributed by atoms with Crippen molar-refractivity contribution in [3.05, 3.63) is 182 Å². The first-order chi connectivity index (χ1) is 26.2. The zero-order valence-electron chi connectivity index (χ0n) is 28.5. The molecule has 0 fully saturated rings. The van der Waals surface area contributed by atoms with Crippen molar-refractivity contribution in [3.63, 3.8) is 0 Å². The summed E-state index contributed by atoms with van der Waals surface area (Å²) in [6.07, 6.45) is 0. The molecule has 5 nitrogen and oxygen atoms in total. The quantitative estimate of drug-likeness (QED) is 0.175. The van der Waals surface area contributed by atoms with Crippen LogP contribution in [-0.4, -0.2) is 19.9 Å². The molecule has 0 unspecified atom stereocenters. The van der Waals surface area contributed by atoms with E-state index in [2.05, 4.69) is 91.0 Å². The summed E-state index contributed by atoms with van der Waals surface area (Å²) in [5, 5.41) is 2.96. The second-order valence-corrected chi connectivity index (χ2v) is 13.0. The average molecular weight is 679 g/mol. The van der Waals surface area contributed by atoms with Crippen LogP contribution in [0.5, 0.6) is 0 Å². The van der Waals surface area contributed by atoms with Gasteiger partial charge in [-0.25, -0.2) is 19.9 Å². The molecule has 5 heteroatoms. The van der Waals surface area contributed by atoms with E-state index < -0.39 is 0 Å². The van der Waals surface area contributed by atoms with E-state index in [1.54, 1.807) is 0 Å². The molecule has 3 aromatic heterocycles. The molecular weight excluding hydrogens is 649 g/mol. The maximum Gasteiger partial charge on any atom is 0.160 e. The third kappa shape index (κ3) is 5.61. The van der Waals surface area contributed by atoms with Crippen molar-refractivity contribution in [1.82, 2.24) is 19.9 Å². The van der Waals surface area contributed by atoms with Gasteiger partial charge in [0.15, 0.2) is 11.6 Å². The Bertz CT molecular complexity index is 2860. The van der Waals surface area contributed by atoms with E-state index in [9.17, 15) is 0 Å². The molecule has 0 amide bonds. The number of fused-ring (bicyclic) bond motifs is 4. The van der Waals surface area contributed by atoms with E-state index in [-0.39, 0.29) is 0 Å². The van der Waals surface area contributed by atoms with Gasteiger partial charge in [0.2, 0.25) is 0 Å². The van der Waals surface area contributed by atoms with Gasteiger partial charge >= 0.3 is 0 Å². The third-order valence-electron chi connectivity index (χ3n) is 9.73. The first kappa shape index (κ1) is 30.6. The Balaban J connectivity index is 1.13. The number of para-hydroxylation sites is 1. The van der Waals surface area contributed by atoms with Crippen LogP contribution < -0.4 is 0 Å². The molecule has 0 saturated carbocycles. The highest BCUT2D eigenvalue weighted by Crippen LogP contribution is 2.39. The molecule has 0 aliphatic carbocycles. The van der Waals surface area contributed by atoms with Gasteiger partial charge in [0.1, 0.15) is 11.2 Å². The molecular formula is C48H30N4O. The third-order valence-corrected chi connectivity index (χ3v) is 9.73. The number of nitrogens with zero attached hydrogens (tertiary/aromatic N) is 4. The fourth-order valence-corrected chi connectivity index (χ4v) is 7.11. The van der Waals surface area contributed by atoms with Crippen molar-refractivity contribution < 1.29 is 4.42 Å². The lowest BCUT2D eigenvalue weighted by Crippen LogP contribution is -1.96. The number of hydrogen-bond donors (Lipinski definition) is 0. The maximum atomic E-state index is 6.46. The highest BCUT2D eigenvalue weighted by Gasteiger charge is 2.19. The van der Waals surface area contributed by atoms with Crippen LogP contribution in [-0.2, 0) is 0 Å². The van der Waals surface area contributed by atoms with E-state index >= 15 is 0 Å². The van der Waals surface area contributed by atoms with E-state index in [0.717, 1.165) is 83.3 Å². The summed E-state index contributed by atoms with van der Waals surface area (Å²) in [5.74, 6) is 1.32. The Morgan fingerprint density at radius 2 is 0.943 bits per heavy atom. The molecule has 0 bridgehead atoms. The molecule has 53 heavy (non-hydrogen) atoms. The monoisotopic (exact) mass is 678 g/mol. The average Bonchev–Trinajstić information content (AvgIpc) is 3.62. The Hall–Kier alpha value is -7.24. The van der Waals surface area contributed by atoms with Crippen LogP contribution in [0.15, 0.2) is 186 Å². The topological polar surface area (TPSA) is 64.7 Å². The molecule has 10 rings (SSSR count). The van der Waals surface area contributed by atoms with Crippen LogP contribution in [0, 0.1) is 0 Å². The molecule has 0 atom stereocenters. The minimum absolute atomic E-state index is 0.652. The Morgan fingerprint density at radius 1 is 0.340 bits per heavy atom. The van der Waals surface area contributed by atoms with Gasteiger partial charge in [0.05, 0.1) is 22.6 Å². The zero-order valence-corrected chi connectivity index (χ0v) is 28.5. The summed E-state index contributed by atoms with van der Waals surface area (Å²) in [6, 6.07) is 62.0. The smallest absolute Gasteiger partial charge is 0.160 e. The van der Waals surface area contributed by atoms with E-state index in [0.29, 0.717) is 11.6 Å². The van der Waals surface area contributed by atoms with E-state index in [4.69, 9.17) is 24.4 Å². The van der Waals surface area contributed by atoms with Gasteiger partial charge in [-0.1, -0.05) is 146 Å². The number of benzene rings is 7. The van der Waals surface area contributed by atoms with Gasteiger partial charge in [-0.2, -0.15) is 0 Å². The molecule has 0 N–H and O–H groups in total. The molecule has 7 aromatic carbocycles. The summed E-state index contributed by atoms with van der Waals surface area (Å²) >= 11 is 0. The Morgan fingerprint density at radius 3 is 1.72 bits per heavy atom. The fourth-order valence-electron chi connectivity index (χ4n) is 7.11. The SMILES string of the molecule is c1ccc(-c2ccc(-c3nc(-c4ccc5oc6cccc(-c7cc(-c8ccccc8)nc(-c8ccccc8)n7)c6c5c4)nc4ccccc34)cc2)cc1. The number of furan rings is 1. The van der Waals surface area contributed by atoms with Crippen molar-refractivity contribution in [3.8, 4) is 67.7 Å². The predicted molar refractivity (Wildman–Crippen MR) is 215 cm³/mol. The van der Waals surface area contributed by atoms with Crippen molar-refractivity contribution in [2.24, 2.45) is 0 Å². The molecule has 0 saturated heterocycles. The fraction of sp³-hybridized carbons (Fsp3) is 0. The van der Waals surface area contributed by atoms with Crippen molar-refractivity contribution in [2.75, 3.05) is 0 Å². The molecule has 248 valence electrons. The van der Waals surface area contributed by atoms with Gasteiger partial charge in [0.25, 0.3) is 0 Å². The van der Waals surface area contributed by atoms with E-state index in [1.807, 2.05) is 91.0 Å².